The van der Waals surface area contributed by atoms with Gasteiger partial charge >= 0.3 is 0 Å². The summed E-state index contributed by atoms with van der Waals surface area (Å²) in [6.45, 7) is 6.78. The molecule has 0 bridgehead atoms. The van der Waals surface area contributed by atoms with Crippen LogP contribution in [-0.4, -0.2) is 33.3 Å². The van der Waals surface area contributed by atoms with Gasteiger partial charge in [-0.15, -0.1) is 0 Å². The van der Waals surface area contributed by atoms with Gasteiger partial charge in [0.2, 0.25) is 0 Å². The first-order chi connectivity index (χ1) is 11.2. The van der Waals surface area contributed by atoms with Gasteiger partial charge in [-0.3, -0.25) is 0 Å². The summed E-state index contributed by atoms with van der Waals surface area (Å²) in [4.78, 5) is 3.23. The van der Waals surface area contributed by atoms with Crippen LogP contribution in [0.15, 0.2) is 48.5 Å². The maximum atomic E-state index is 13.0. The molecule has 0 saturated carbocycles. The van der Waals surface area contributed by atoms with Crippen molar-refractivity contribution in [3.05, 3.63) is 65.5 Å². The first-order valence-electron chi connectivity index (χ1n) is 8.27. The molecule has 1 aliphatic heterocycles. The Bertz CT molecular complexity index is 604. The number of quaternary nitrogens is 2. The van der Waals surface area contributed by atoms with E-state index in [0.29, 0.717) is 0 Å². The molecule has 2 aromatic rings. The lowest BCUT2D eigenvalue weighted by Gasteiger charge is -2.29. The SMILES string of the molecule is COc1ccc(C[NH+]2CC[NH+](Cc3ccc(F)cc3)CC2)cc1. The molecule has 1 fully saturated rings. The minimum atomic E-state index is -0.155. The van der Waals surface area contributed by atoms with Crippen molar-refractivity contribution in [2.24, 2.45) is 0 Å². The Kier molecular flexibility index (Phi) is 5.26. The number of methoxy groups -OCH3 is 1. The van der Waals surface area contributed by atoms with E-state index >= 15 is 0 Å². The number of hydrogen-bond donors (Lipinski definition) is 2. The van der Waals surface area contributed by atoms with Crippen molar-refractivity contribution in [2.45, 2.75) is 13.1 Å². The zero-order valence-corrected chi connectivity index (χ0v) is 13.6. The predicted molar refractivity (Wildman–Crippen MR) is 88.2 cm³/mol. The highest BCUT2D eigenvalue weighted by Gasteiger charge is 2.23. The van der Waals surface area contributed by atoms with Gasteiger partial charge in [-0.05, 0) is 36.4 Å². The van der Waals surface area contributed by atoms with Crippen LogP contribution in [0.3, 0.4) is 0 Å². The van der Waals surface area contributed by atoms with Crippen molar-refractivity contribution in [1.82, 2.24) is 0 Å². The minimum Gasteiger partial charge on any atom is -0.497 e. The van der Waals surface area contributed by atoms with Crippen molar-refractivity contribution < 1.29 is 18.9 Å². The van der Waals surface area contributed by atoms with E-state index in [1.807, 2.05) is 24.3 Å². The van der Waals surface area contributed by atoms with E-state index in [1.165, 1.54) is 37.3 Å². The summed E-state index contributed by atoms with van der Waals surface area (Å²) < 4.78 is 18.2. The van der Waals surface area contributed by atoms with E-state index < -0.39 is 0 Å². The fourth-order valence-electron chi connectivity index (χ4n) is 3.23. The number of nitrogens with one attached hydrogen (secondary N) is 2. The molecule has 3 rings (SSSR count). The molecule has 3 nitrogen and oxygen atoms in total. The molecule has 1 heterocycles. The Labute approximate surface area is 137 Å². The van der Waals surface area contributed by atoms with Crippen molar-refractivity contribution >= 4 is 0 Å². The van der Waals surface area contributed by atoms with E-state index in [4.69, 9.17) is 4.74 Å². The molecule has 2 N–H and O–H groups in total. The van der Waals surface area contributed by atoms with E-state index in [-0.39, 0.29) is 5.82 Å². The third-order valence-corrected chi connectivity index (χ3v) is 4.64. The van der Waals surface area contributed by atoms with Crippen molar-refractivity contribution in [3.63, 3.8) is 0 Å². The highest BCUT2D eigenvalue weighted by atomic mass is 19.1. The lowest BCUT2D eigenvalue weighted by Crippen LogP contribution is -3.27. The average molecular weight is 316 g/mol. The Morgan fingerprint density at radius 1 is 0.783 bits per heavy atom. The summed E-state index contributed by atoms with van der Waals surface area (Å²) in [6, 6.07) is 15.3. The lowest BCUT2D eigenvalue weighted by atomic mass is 10.1. The number of ether oxygens (including phenoxy) is 1. The van der Waals surface area contributed by atoms with Gasteiger partial charge in [0.1, 0.15) is 50.8 Å². The Morgan fingerprint density at radius 2 is 1.22 bits per heavy atom. The topological polar surface area (TPSA) is 18.1 Å². The van der Waals surface area contributed by atoms with Crippen LogP contribution < -0.4 is 14.5 Å². The molecule has 0 unspecified atom stereocenters. The van der Waals surface area contributed by atoms with E-state index in [9.17, 15) is 4.39 Å². The zero-order valence-electron chi connectivity index (χ0n) is 13.6. The summed E-state index contributed by atoms with van der Waals surface area (Å²) in [7, 11) is 1.70. The minimum absolute atomic E-state index is 0.155. The van der Waals surface area contributed by atoms with Gasteiger partial charge in [0, 0.05) is 11.1 Å². The Morgan fingerprint density at radius 3 is 1.65 bits per heavy atom. The van der Waals surface area contributed by atoms with Crippen LogP contribution in [0.5, 0.6) is 5.75 Å². The highest BCUT2D eigenvalue weighted by molar-refractivity contribution is 5.26. The largest absolute Gasteiger partial charge is 0.497 e. The maximum Gasteiger partial charge on any atom is 0.127 e. The van der Waals surface area contributed by atoms with Gasteiger partial charge in [0.15, 0.2) is 0 Å². The number of halogens is 1. The van der Waals surface area contributed by atoms with E-state index in [2.05, 4.69) is 12.1 Å². The molecule has 0 aromatic heterocycles. The predicted octanol–water partition coefficient (Wildman–Crippen LogP) is 0.318. The fraction of sp³-hybridized carbons (Fsp3) is 0.368. The molecule has 0 atom stereocenters. The highest BCUT2D eigenvalue weighted by Crippen LogP contribution is 2.10. The molecule has 1 aliphatic rings. The van der Waals surface area contributed by atoms with Crippen LogP contribution in [0.4, 0.5) is 4.39 Å². The summed E-state index contributed by atoms with van der Waals surface area (Å²) in [5.74, 6) is 0.759. The number of benzene rings is 2. The normalized spacial score (nSPS) is 21.1. The average Bonchev–Trinajstić information content (AvgIpc) is 2.59. The molecular weight excluding hydrogens is 291 g/mol. The van der Waals surface area contributed by atoms with Gasteiger partial charge in [0.25, 0.3) is 0 Å². The summed E-state index contributed by atoms with van der Waals surface area (Å²) in [5, 5.41) is 0. The second kappa shape index (κ2) is 7.57. The Hall–Kier alpha value is -1.91. The lowest BCUT2D eigenvalue weighted by molar-refractivity contribution is -1.02. The van der Waals surface area contributed by atoms with Crippen molar-refractivity contribution in [3.8, 4) is 5.75 Å². The standard InChI is InChI=1S/C19H23FN2O/c1-23-19-8-4-17(5-9-19)15-22-12-10-21(11-13-22)14-16-2-6-18(20)7-3-16/h2-9H,10-15H2,1H3/p+2. The van der Waals surface area contributed by atoms with E-state index in [1.54, 1.807) is 29.0 Å². The van der Waals surface area contributed by atoms with Gasteiger partial charge in [-0.1, -0.05) is 12.1 Å². The first kappa shape index (κ1) is 16.0. The molecule has 122 valence electrons. The number of rotatable bonds is 5. The van der Waals surface area contributed by atoms with Crippen molar-refractivity contribution in [2.75, 3.05) is 33.3 Å². The van der Waals surface area contributed by atoms with Gasteiger partial charge in [-0.2, -0.15) is 0 Å². The molecule has 0 radical (unpaired) electrons. The van der Waals surface area contributed by atoms with Crippen LogP contribution in [0.1, 0.15) is 11.1 Å². The molecule has 0 amide bonds. The second-order valence-electron chi connectivity index (χ2n) is 6.33. The van der Waals surface area contributed by atoms with Crippen LogP contribution in [0, 0.1) is 5.82 Å². The number of piperazine rings is 1. The summed E-state index contributed by atoms with van der Waals surface area (Å²) in [5.41, 5.74) is 2.59. The third-order valence-electron chi connectivity index (χ3n) is 4.64. The fourth-order valence-corrected chi connectivity index (χ4v) is 3.23. The zero-order chi connectivity index (χ0) is 16.1. The van der Waals surface area contributed by atoms with Crippen LogP contribution in [0.2, 0.25) is 0 Å². The molecule has 2 aromatic carbocycles. The van der Waals surface area contributed by atoms with Crippen molar-refractivity contribution in [1.29, 1.82) is 0 Å². The summed E-state index contributed by atoms with van der Waals surface area (Å²) >= 11 is 0. The van der Waals surface area contributed by atoms with Crippen LogP contribution in [0.25, 0.3) is 0 Å². The van der Waals surface area contributed by atoms with Gasteiger partial charge in [0.05, 0.1) is 7.11 Å². The molecule has 0 aliphatic carbocycles. The van der Waals surface area contributed by atoms with Gasteiger partial charge < -0.3 is 14.5 Å². The molecule has 1 saturated heterocycles. The molecule has 4 heteroatoms. The third kappa shape index (κ3) is 4.53. The Balaban J connectivity index is 1.47. The summed E-state index contributed by atoms with van der Waals surface area (Å²) in [6.07, 6.45) is 0. The first-order valence-corrected chi connectivity index (χ1v) is 8.27. The second-order valence-corrected chi connectivity index (χ2v) is 6.33. The van der Waals surface area contributed by atoms with Crippen LogP contribution >= 0.6 is 0 Å². The van der Waals surface area contributed by atoms with E-state index in [0.717, 1.165) is 18.8 Å². The molecule has 23 heavy (non-hydrogen) atoms. The molecular formula is C19H25FN2O+2. The maximum absolute atomic E-state index is 13.0. The van der Waals surface area contributed by atoms with Crippen LogP contribution in [-0.2, 0) is 13.1 Å². The smallest absolute Gasteiger partial charge is 0.127 e. The quantitative estimate of drug-likeness (QED) is 0.813. The molecule has 0 spiro atoms. The van der Waals surface area contributed by atoms with Gasteiger partial charge in [-0.25, -0.2) is 4.39 Å². The monoisotopic (exact) mass is 316 g/mol. The number of hydrogen-bond acceptors (Lipinski definition) is 1.